The summed E-state index contributed by atoms with van der Waals surface area (Å²) in [5, 5.41) is 4.76. The van der Waals surface area contributed by atoms with Gasteiger partial charge >= 0.3 is 0 Å². The summed E-state index contributed by atoms with van der Waals surface area (Å²) in [7, 11) is -0.404. The van der Waals surface area contributed by atoms with E-state index in [0.29, 0.717) is 0 Å². The van der Waals surface area contributed by atoms with E-state index >= 15 is 0 Å². The fraction of sp³-hybridized carbons (Fsp3) is 1.00. The Kier molecular flexibility index (Phi) is 6.75. The summed E-state index contributed by atoms with van der Waals surface area (Å²) in [4.78, 5) is 0. The third-order valence-corrected chi connectivity index (χ3v) is 15.0. The maximum atomic E-state index is 1.64. The molecule has 146 valence electrons. The van der Waals surface area contributed by atoms with E-state index in [9.17, 15) is 0 Å². The van der Waals surface area contributed by atoms with E-state index in [0.717, 1.165) is 0 Å². The van der Waals surface area contributed by atoms with E-state index < -0.39 is 10.0 Å². The van der Waals surface area contributed by atoms with Gasteiger partial charge in [-0.25, -0.2) is 10.0 Å². The van der Waals surface area contributed by atoms with Crippen molar-refractivity contribution < 1.29 is 0 Å². The lowest BCUT2D eigenvalue weighted by Crippen LogP contribution is -2.46. The summed E-state index contributed by atoms with van der Waals surface area (Å²) in [6, 6.07) is 0. The van der Waals surface area contributed by atoms with Crippen molar-refractivity contribution in [1.29, 1.82) is 0 Å². The average Bonchev–Trinajstić information content (AvgIpc) is 2.72. The number of rotatable bonds is 4. The van der Waals surface area contributed by atoms with Crippen LogP contribution in [0, 0.1) is 0 Å². The molecule has 0 amide bonds. The minimum Gasteiger partial charge on any atom is -0.230 e. The zero-order valence-electron chi connectivity index (χ0n) is 16.9. The summed E-state index contributed by atoms with van der Waals surface area (Å²) in [5.41, 5.74) is 0. The van der Waals surface area contributed by atoms with Gasteiger partial charge in [0.05, 0.1) is 0 Å². The maximum absolute atomic E-state index is 1.64. The van der Waals surface area contributed by atoms with Crippen molar-refractivity contribution in [2.24, 2.45) is 0 Å². The molecule has 0 heterocycles. The monoisotopic (exact) mass is 364 g/mol. The van der Waals surface area contributed by atoms with Crippen LogP contribution in [0.4, 0.5) is 0 Å². The Labute approximate surface area is 159 Å². The predicted octanol–water partition coefficient (Wildman–Crippen LogP) is 8.12. The summed E-state index contributed by atoms with van der Waals surface area (Å²) < 4.78 is 0. The lowest BCUT2D eigenvalue weighted by atomic mass is 9.98. The van der Waals surface area contributed by atoms with Gasteiger partial charge in [-0.3, -0.25) is 0 Å². The van der Waals surface area contributed by atoms with Crippen LogP contribution in [0.2, 0.25) is 0 Å². The van der Waals surface area contributed by atoms with Crippen LogP contribution in [0.15, 0.2) is 0 Å². The molecular formula is C24H44S. The Balaban J connectivity index is 1.70. The summed E-state index contributed by atoms with van der Waals surface area (Å²) in [6.07, 6.45) is 31.9. The molecule has 4 saturated carbocycles. The largest absolute Gasteiger partial charge is 0.230 e. The molecule has 0 spiro atoms. The van der Waals surface area contributed by atoms with Crippen LogP contribution >= 0.6 is 10.0 Å². The van der Waals surface area contributed by atoms with Gasteiger partial charge in [-0.2, -0.15) is 0 Å². The van der Waals surface area contributed by atoms with Crippen molar-refractivity contribution in [2.75, 3.05) is 0 Å². The fourth-order valence-corrected chi connectivity index (χ4v) is 15.4. The molecule has 0 aromatic carbocycles. The molecule has 0 aliphatic heterocycles. The first-order valence-electron chi connectivity index (χ1n) is 12.2. The maximum Gasteiger partial charge on any atom is -0.0104 e. The molecule has 0 atom stereocenters. The van der Waals surface area contributed by atoms with Crippen LogP contribution in [0.25, 0.3) is 0 Å². The van der Waals surface area contributed by atoms with Crippen LogP contribution in [0.1, 0.15) is 128 Å². The quantitative estimate of drug-likeness (QED) is 0.472. The van der Waals surface area contributed by atoms with Gasteiger partial charge in [0.15, 0.2) is 0 Å². The molecule has 0 unspecified atom stereocenters. The predicted molar refractivity (Wildman–Crippen MR) is 115 cm³/mol. The zero-order valence-corrected chi connectivity index (χ0v) is 17.7. The molecule has 0 aromatic heterocycles. The molecule has 25 heavy (non-hydrogen) atoms. The topological polar surface area (TPSA) is 0 Å². The smallest absolute Gasteiger partial charge is 0.0104 e. The van der Waals surface area contributed by atoms with Crippen molar-refractivity contribution >= 4 is 10.0 Å². The average molecular weight is 365 g/mol. The van der Waals surface area contributed by atoms with Crippen molar-refractivity contribution in [1.82, 2.24) is 0 Å². The van der Waals surface area contributed by atoms with Gasteiger partial charge < -0.3 is 0 Å². The van der Waals surface area contributed by atoms with Gasteiger partial charge in [-0.15, -0.1) is 0 Å². The lowest BCUT2D eigenvalue weighted by Gasteiger charge is -2.64. The first-order valence-corrected chi connectivity index (χ1v) is 14.1. The Bertz CT molecular complexity index is 301. The van der Waals surface area contributed by atoms with Crippen LogP contribution in [-0.2, 0) is 0 Å². The molecule has 4 rings (SSSR count). The third-order valence-electron chi connectivity index (χ3n) is 8.52. The highest BCUT2D eigenvalue weighted by Gasteiger charge is 2.50. The van der Waals surface area contributed by atoms with Gasteiger partial charge in [0.2, 0.25) is 0 Å². The second kappa shape index (κ2) is 9.03. The summed E-state index contributed by atoms with van der Waals surface area (Å²) >= 11 is 0. The second-order valence-corrected chi connectivity index (χ2v) is 14.2. The first kappa shape index (κ1) is 18.7. The van der Waals surface area contributed by atoms with Crippen molar-refractivity contribution in [3.63, 3.8) is 0 Å². The number of hydrogen-bond acceptors (Lipinski definition) is 0. The van der Waals surface area contributed by atoms with Crippen LogP contribution < -0.4 is 0 Å². The highest BCUT2D eigenvalue weighted by atomic mass is 32.3. The van der Waals surface area contributed by atoms with Gasteiger partial charge in [0, 0.05) is 0 Å². The molecule has 4 aliphatic rings. The van der Waals surface area contributed by atoms with E-state index in [-0.39, 0.29) is 0 Å². The molecule has 0 saturated heterocycles. The molecule has 0 nitrogen and oxygen atoms in total. The van der Waals surface area contributed by atoms with E-state index in [1.807, 2.05) is 0 Å². The van der Waals surface area contributed by atoms with Crippen LogP contribution in [-0.4, -0.2) is 21.0 Å². The fourth-order valence-electron chi connectivity index (χ4n) is 7.53. The molecule has 0 N–H and O–H groups in total. The highest BCUT2D eigenvalue weighted by Crippen LogP contribution is 2.73. The minimum absolute atomic E-state index is 0.404. The zero-order chi connectivity index (χ0) is 17.0. The lowest BCUT2D eigenvalue weighted by molar-refractivity contribution is 0.439. The molecule has 0 aromatic rings. The molecule has 4 aliphatic carbocycles. The highest BCUT2D eigenvalue weighted by molar-refractivity contribution is 8.35. The van der Waals surface area contributed by atoms with Gasteiger partial charge in [0.1, 0.15) is 0 Å². The van der Waals surface area contributed by atoms with Gasteiger partial charge in [0.25, 0.3) is 0 Å². The van der Waals surface area contributed by atoms with E-state index in [2.05, 4.69) is 0 Å². The van der Waals surface area contributed by atoms with Crippen LogP contribution in [0.3, 0.4) is 0 Å². The van der Waals surface area contributed by atoms with Gasteiger partial charge in [-0.1, -0.05) is 77.0 Å². The minimum atomic E-state index is -0.404. The van der Waals surface area contributed by atoms with Crippen LogP contribution in [0.5, 0.6) is 0 Å². The molecule has 0 radical (unpaired) electrons. The number of hydrogen-bond donors (Lipinski definition) is 0. The Hall–Kier alpha value is 0.350. The van der Waals surface area contributed by atoms with E-state index in [1.54, 1.807) is 128 Å². The van der Waals surface area contributed by atoms with E-state index in [4.69, 9.17) is 0 Å². The van der Waals surface area contributed by atoms with Crippen molar-refractivity contribution in [3.05, 3.63) is 0 Å². The van der Waals surface area contributed by atoms with E-state index in [1.165, 1.54) is 21.0 Å². The molecule has 0 bridgehead atoms. The molecular weight excluding hydrogens is 320 g/mol. The Morgan fingerprint density at radius 2 is 0.480 bits per heavy atom. The van der Waals surface area contributed by atoms with Crippen molar-refractivity contribution in [2.45, 2.75) is 149 Å². The third kappa shape index (κ3) is 3.83. The summed E-state index contributed by atoms with van der Waals surface area (Å²) in [6.45, 7) is 0. The molecule has 1 heteroatoms. The SMILES string of the molecule is C1CCC(S(C2CCCCC2)(C2CCCCC2)C2CCCCC2)CC1. The second-order valence-electron chi connectivity index (χ2n) is 9.86. The van der Waals surface area contributed by atoms with Crippen molar-refractivity contribution in [3.8, 4) is 0 Å². The summed E-state index contributed by atoms with van der Waals surface area (Å²) in [5.74, 6) is 0. The first-order chi connectivity index (χ1) is 12.4. The van der Waals surface area contributed by atoms with Gasteiger partial charge in [-0.05, 0) is 72.4 Å². The Morgan fingerprint density at radius 1 is 0.280 bits per heavy atom. The standard InChI is InChI=1S/C24H44S/c1-5-13-21(14-6-1)25(22-15-7-2-8-16-22,23-17-9-3-10-18-23)24-19-11-4-12-20-24/h21-24H,1-20H2. The normalized spacial score (nSPS) is 30.4. The Morgan fingerprint density at radius 3 is 0.680 bits per heavy atom. The molecule has 4 fully saturated rings.